The minimum atomic E-state index is -1.44. The molecule has 13 nitrogen and oxygen atoms in total. The van der Waals surface area contributed by atoms with Crippen LogP contribution in [-0.4, -0.2) is 85.6 Å². The second kappa shape index (κ2) is 18.3. The number of nitrogens with one attached hydrogen (secondary N) is 3. The zero-order chi connectivity index (χ0) is 39.5. The lowest BCUT2D eigenvalue weighted by Crippen LogP contribution is -2.53. The van der Waals surface area contributed by atoms with Crippen LogP contribution in [0, 0.1) is 11.6 Å². The number of hydrogen-bond acceptors (Lipinski definition) is 16. The second-order valence-electron chi connectivity index (χ2n) is 13.2. The first-order valence-electron chi connectivity index (χ1n) is 17.2. The minimum absolute atomic E-state index is 0.00813. The largest absolute Gasteiger partial charge is 0.491 e. The van der Waals surface area contributed by atoms with Crippen molar-refractivity contribution < 1.29 is 52.1 Å². The third-order valence-electron chi connectivity index (χ3n) is 9.16. The number of rotatable bonds is 17. The van der Waals surface area contributed by atoms with Gasteiger partial charge in [-0.3, -0.25) is 24.0 Å². The minimum Gasteiger partial charge on any atom is -0.423 e. The van der Waals surface area contributed by atoms with E-state index in [2.05, 4.69) is 16.0 Å². The Bertz CT molecular complexity index is 1860. The van der Waals surface area contributed by atoms with E-state index >= 15 is 0 Å². The number of hydrogen-bond donors (Lipinski definition) is 6. The van der Waals surface area contributed by atoms with Crippen LogP contribution in [0.3, 0.4) is 0 Å². The molecule has 4 heterocycles. The summed E-state index contributed by atoms with van der Waals surface area (Å²) in [6, 6.07) is 2.36. The first-order valence-corrected chi connectivity index (χ1v) is 23.7. The van der Waals surface area contributed by atoms with Gasteiger partial charge in [0.15, 0.2) is 8.53 Å². The third kappa shape index (κ3) is 10.4. The summed E-state index contributed by atoms with van der Waals surface area (Å²) in [7, 11) is 7.28. The van der Waals surface area contributed by atoms with Crippen LogP contribution in [0.25, 0.3) is 0 Å². The highest BCUT2D eigenvalue weighted by atomic mass is 33.2. The lowest BCUT2D eigenvalue weighted by Gasteiger charge is -2.33. The smallest absolute Gasteiger partial charge is 0.423 e. The van der Waals surface area contributed by atoms with Gasteiger partial charge in [0.1, 0.15) is 27.5 Å². The number of amides is 3. The molecule has 2 saturated heterocycles. The first-order chi connectivity index (χ1) is 26.2. The van der Waals surface area contributed by atoms with Crippen molar-refractivity contribution in [1.29, 1.82) is 0 Å². The molecule has 6 rings (SSSR count). The first kappa shape index (κ1) is 42.7. The number of halogens is 2. The van der Waals surface area contributed by atoms with E-state index < -0.39 is 66.3 Å². The average Bonchev–Trinajstić information content (AvgIpc) is 3.67. The Kier molecular flexibility index (Phi) is 14.2. The van der Waals surface area contributed by atoms with E-state index in [0.717, 1.165) is 12.1 Å². The maximum absolute atomic E-state index is 14.7. The van der Waals surface area contributed by atoms with Crippen LogP contribution in [0.2, 0.25) is 0 Å². The van der Waals surface area contributed by atoms with E-state index in [1.165, 1.54) is 12.1 Å². The fraction of sp³-hybridized carbons (Fsp3) is 0.469. The fourth-order valence-electron chi connectivity index (χ4n) is 5.94. The molecule has 0 aromatic heterocycles. The number of carbonyl (C=O) groups excluding carboxylic acids is 5. The molecule has 0 saturated carbocycles. The summed E-state index contributed by atoms with van der Waals surface area (Å²) in [6.45, 7) is 0.998. The molecule has 2 aromatic carbocycles. The van der Waals surface area contributed by atoms with Crippen molar-refractivity contribution in [3.63, 3.8) is 0 Å². The average molecular weight is 873 g/mol. The van der Waals surface area contributed by atoms with Crippen molar-refractivity contribution in [3.05, 3.63) is 58.2 Å². The van der Waals surface area contributed by atoms with Gasteiger partial charge < -0.3 is 41.0 Å². The van der Waals surface area contributed by atoms with Crippen LogP contribution in [0.15, 0.2) is 24.3 Å². The zero-order valence-electron chi connectivity index (χ0n) is 29.2. The summed E-state index contributed by atoms with van der Waals surface area (Å²) < 4.78 is 38.8. The van der Waals surface area contributed by atoms with Crippen LogP contribution in [0.4, 0.5) is 8.78 Å². The molecule has 2 aromatic rings. The van der Waals surface area contributed by atoms with Gasteiger partial charge in [0.2, 0.25) is 5.91 Å². The molecule has 0 unspecified atom stereocenters. The van der Waals surface area contributed by atoms with Gasteiger partial charge in [-0.15, -0.1) is 0 Å². The summed E-state index contributed by atoms with van der Waals surface area (Å²) in [5.74, 6) is -4.14. The van der Waals surface area contributed by atoms with Gasteiger partial charge in [0.25, 0.3) is 11.8 Å². The molecule has 0 bridgehead atoms. The van der Waals surface area contributed by atoms with Gasteiger partial charge in [-0.05, 0) is 98.1 Å². The van der Waals surface area contributed by atoms with Crippen molar-refractivity contribution in [3.8, 4) is 0 Å². The lowest BCUT2D eigenvalue weighted by molar-refractivity contribution is -0.123. The molecule has 3 amide bonds. The maximum Gasteiger partial charge on any atom is 0.491 e. The van der Waals surface area contributed by atoms with Gasteiger partial charge in [-0.2, -0.15) is 0 Å². The predicted octanol–water partition coefficient (Wildman–Crippen LogP) is 2.35. The Morgan fingerprint density at radius 2 is 1.38 bits per heavy atom. The van der Waals surface area contributed by atoms with E-state index in [1.54, 1.807) is 64.8 Å². The van der Waals surface area contributed by atoms with E-state index in [0.29, 0.717) is 25.7 Å². The molecule has 7 N–H and O–H groups in total. The Morgan fingerprint density at radius 3 is 1.96 bits per heavy atom. The Balaban J connectivity index is 0.979. The maximum atomic E-state index is 14.7. The van der Waals surface area contributed by atoms with Crippen molar-refractivity contribution in [1.82, 2.24) is 16.0 Å². The number of nitrogens with two attached hydrogens (primary N) is 1. The molecule has 294 valence electrons. The molecule has 0 aliphatic carbocycles. The summed E-state index contributed by atoms with van der Waals surface area (Å²) in [5, 5.41) is 27.5. The van der Waals surface area contributed by atoms with Crippen molar-refractivity contribution >= 4 is 119 Å². The van der Waals surface area contributed by atoms with Gasteiger partial charge in [0.05, 0.1) is 19.3 Å². The second-order valence-corrected chi connectivity index (χ2v) is 23.1. The quantitative estimate of drug-likeness (QED) is 0.0584. The highest BCUT2D eigenvalue weighted by Crippen LogP contribution is 2.85. The van der Waals surface area contributed by atoms with Gasteiger partial charge in [-0.1, -0.05) is 34.4 Å². The SMILES string of the molecule is CC1(C(=O)[C@@H](N)CCCCCC(=O)CCNC(=O)[C@H](CNC(=O)c2cc(F)c3c(c2)B(O)OC3)NC(=O)c2cc(F)c3c(c2)B(O)OC3)SSC2(SS2)SS1. The summed E-state index contributed by atoms with van der Waals surface area (Å²) in [4.78, 5) is 65.2. The number of benzene rings is 2. The fourth-order valence-corrected chi connectivity index (χ4v) is 19.0. The summed E-state index contributed by atoms with van der Waals surface area (Å²) >= 11 is 0. The van der Waals surface area contributed by atoms with E-state index in [4.69, 9.17) is 15.0 Å². The molecule has 2 fully saturated rings. The predicted molar refractivity (Wildman–Crippen MR) is 217 cm³/mol. The highest BCUT2D eigenvalue weighted by molar-refractivity contribution is 9.14. The van der Waals surface area contributed by atoms with Crippen LogP contribution in [-0.2, 0) is 36.9 Å². The lowest BCUT2D eigenvalue weighted by atomic mass is 9.78. The van der Waals surface area contributed by atoms with Crippen LogP contribution in [0.1, 0.15) is 77.3 Å². The standard InChI is InChI=1S/C32H36B2F2N4O9S6/c1-31(50-52-32(53-51-31)54-55-32)27(42)25(37)6-4-2-3-5-18(41)7-8-38-30(45)26(40-29(44)17-10-22-20(24(36)12-17)15-49-34(22)47)13-39-28(43)16-9-21-19(23(35)11-16)14-48-33(21)46/h9-12,25-26,46-47H,2-8,13-15,37H2,1H3,(H,38,45)(H,39,43)(H,40,44)/t25-,26-/m0/s1. The van der Waals surface area contributed by atoms with Gasteiger partial charge >= 0.3 is 14.2 Å². The van der Waals surface area contributed by atoms with E-state index in [1.807, 2.05) is 6.92 Å². The normalized spacial score (nSPS) is 18.7. The van der Waals surface area contributed by atoms with Crippen molar-refractivity contribution in [2.24, 2.45) is 5.73 Å². The zero-order valence-corrected chi connectivity index (χ0v) is 34.1. The molecular formula is C32H36B2F2N4O9S6. The van der Waals surface area contributed by atoms with Crippen molar-refractivity contribution in [2.45, 2.75) is 77.6 Å². The monoisotopic (exact) mass is 872 g/mol. The number of unbranched alkanes of at least 4 members (excludes halogenated alkanes) is 2. The number of fused-ring (bicyclic) bond motifs is 2. The molecule has 4 aliphatic rings. The van der Waals surface area contributed by atoms with Crippen molar-refractivity contribution in [2.75, 3.05) is 13.1 Å². The molecule has 0 radical (unpaired) electrons. The van der Waals surface area contributed by atoms with Gasteiger partial charge in [0, 0.05) is 48.2 Å². The molecule has 55 heavy (non-hydrogen) atoms. The number of Topliss-reactive ketones (excluding diaryl/α,β-unsaturated/α-hetero) is 2. The Morgan fingerprint density at radius 1 is 0.818 bits per heavy atom. The molecule has 1 spiro atoms. The number of carbonyl (C=O) groups is 5. The molecular weight excluding hydrogens is 836 g/mol. The van der Waals surface area contributed by atoms with Gasteiger partial charge in [-0.25, -0.2) is 8.78 Å². The summed E-state index contributed by atoms with van der Waals surface area (Å²) in [5.41, 5.74) is 6.23. The summed E-state index contributed by atoms with van der Waals surface area (Å²) in [6.07, 6.45) is 2.70. The van der Waals surface area contributed by atoms with E-state index in [9.17, 15) is 42.8 Å². The number of ketones is 2. The topological polar surface area (TPSA) is 206 Å². The highest BCUT2D eigenvalue weighted by Gasteiger charge is 2.57. The molecule has 2 atom stereocenters. The molecule has 4 aliphatic heterocycles. The van der Waals surface area contributed by atoms with Crippen LogP contribution in [0.5, 0.6) is 0 Å². The van der Waals surface area contributed by atoms with Crippen LogP contribution < -0.4 is 32.6 Å². The Labute approximate surface area is 339 Å². The van der Waals surface area contributed by atoms with Crippen LogP contribution >= 0.6 is 64.8 Å². The van der Waals surface area contributed by atoms with E-state index in [-0.39, 0.29) is 80.1 Å². The molecule has 23 heteroatoms. The third-order valence-corrected chi connectivity index (χ3v) is 23.5. The Hall–Kier alpha value is -1.92.